The van der Waals surface area contributed by atoms with Crippen molar-refractivity contribution in [3.05, 3.63) is 18.5 Å². The summed E-state index contributed by atoms with van der Waals surface area (Å²) in [7, 11) is -3.97. The molecule has 0 aliphatic carbocycles. The first-order valence-electron chi connectivity index (χ1n) is 5.26. The Kier molecular flexibility index (Phi) is 3.55. The summed E-state index contributed by atoms with van der Waals surface area (Å²) in [6, 6.07) is 0.360. The maximum Gasteiger partial charge on any atom is 0.323 e. The number of piperazine rings is 1. The van der Waals surface area contributed by atoms with Crippen LogP contribution in [0.25, 0.3) is 0 Å². The number of carboxylic acid groups (broad SMARTS) is 1. The fourth-order valence-corrected chi connectivity index (χ4v) is 3.14. The van der Waals surface area contributed by atoms with Crippen molar-refractivity contribution in [2.24, 2.45) is 0 Å². The fraction of sp³-hybridized carbons (Fsp3) is 0.444. The standard InChI is InChI=1S/C9H12N4O4S/c14-8(15)7-6-10-4-5-13(7)18(16,17)9-11-2-1-3-12-9/h1-3,7,10H,4-6H2,(H,14,15). The molecule has 1 aliphatic rings. The zero-order valence-corrected chi connectivity index (χ0v) is 10.2. The van der Waals surface area contributed by atoms with E-state index in [9.17, 15) is 13.2 Å². The number of hydrogen-bond acceptors (Lipinski definition) is 6. The summed E-state index contributed by atoms with van der Waals surface area (Å²) >= 11 is 0. The molecular weight excluding hydrogens is 260 g/mol. The van der Waals surface area contributed by atoms with Crippen molar-refractivity contribution in [1.82, 2.24) is 19.6 Å². The molecule has 0 amide bonds. The fourth-order valence-electron chi connectivity index (χ4n) is 1.71. The number of aliphatic carboxylic acids is 1. The lowest BCUT2D eigenvalue weighted by molar-refractivity contribution is -0.141. The van der Waals surface area contributed by atoms with Gasteiger partial charge in [0.2, 0.25) is 0 Å². The molecule has 0 spiro atoms. The second-order valence-corrected chi connectivity index (χ2v) is 5.49. The summed E-state index contributed by atoms with van der Waals surface area (Å²) in [5, 5.41) is 11.5. The summed E-state index contributed by atoms with van der Waals surface area (Å²) in [5.41, 5.74) is 0. The molecule has 1 unspecified atom stereocenters. The maximum absolute atomic E-state index is 12.2. The topological polar surface area (TPSA) is 112 Å². The van der Waals surface area contributed by atoms with Crippen LogP contribution in [0.15, 0.2) is 23.6 Å². The molecule has 9 heteroatoms. The number of carboxylic acids is 1. The van der Waals surface area contributed by atoms with Gasteiger partial charge in [-0.05, 0) is 6.07 Å². The smallest absolute Gasteiger partial charge is 0.323 e. The molecule has 1 fully saturated rings. The predicted octanol–water partition coefficient (Wildman–Crippen LogP) is -1.48. The second-order valence-electron chi connectivity index (χ2n) is 3.71. The first-order chi connectivity index (χ1) is 8.53. The van der Waals surface area contributed by atoms with Gasteiger partial charge in [0, 0.05) is 32.0 Å². The lowest BCUT2D eigenvalue weighted by Crippen LogP contribution is -2.57. The summed E-state index contributed by atoms with van der Waals surface area (Å²) in [6.07, 6.45) is 2.61. The normalized spacial score (nSPS) is 21.7. The summed E-state index contributed by atoms with van der Waals surface area (Å²) < 4.78 is 25.3. The molecule has 1 aliphatic heterocycles. The highest BCUT2D eigenvalue weighted by Crippen LogP contribution is 2.15. The minimum absolute atomic E-state index is 0.0708. The van der Waals surface area contributed by atoms with Gasteiger partial charge in [0.05, 0.1) is 0 Å². The number of aromatic nitrogens is 2. The molecule has 0 aromatic carbocycles. The van der Waals surface area contributed by atoms with Gasteiger partial charge in [-0.15, -0.1) is 0 Å². The van der Waals surface area contributed by atoms with Crippen molar-refractivity contribution in [2.75, 3.05) is 19.6 Å². The Labute approximate surface area is 104 Å². The maximum atomic E-state index is 12.2. The van der Waals surface area contributed by atoms with Crippen molar-refractivity contribution >= 4 is 16.0 Å². The molecule has 8 nitrogen and oxygen atoms in total. The van der Waals surface area contributed by atoms with E-state index in [4.69, 9.17) is 5.11 Å². The first kappa shape index (κ1) is 12.9. The Morgan fingerprint density at radius 1 is 1.44 bits per heavy atom. The van der Waals surface area contributed by atoms with Crippen LogP contribution in [0, 0.1) is 0 Å². The van der Waals surface area contributed by atoms with Crippen LogP contribution in [0.2, 0.25) is 0 Å². The molecule has 0 saturated carbocycles. The van der Waals surface area contributed by atoms with Crippen molar-refractivity contribution in [3.8, 4) is 0 Å². The van der Waals surface area contributed by atoms with E-state index in [1.165, 1.54) is 18.5 Å². The number of nitrogens with one attached hydrogen (secondary N) is 1. The van der Waals surface area contributed by atoms with Crippen LogP contribution in [0.1, 0.15) is 0 Å². The molecule has 2 rings (SSSR count). The van der Waals surface area contributed by atoms with Gasteiger partial charge in [0.1, 0.15) is 6.04 Å². The van der Waals surface area contributed by atoms with Gasteiger partial charge >= 0.3 is 5.97 Å². The first-order valence-corrected chi connectivity index (χ1v) is 6.70. The highest BCUT2D eigenvalue weighted by Gasteiger charge is 2.38. The zero-order valence-electron chi connectivity index (χ0n) is 9.35. The van der Waals surface area contributed by atoms with Crippen LogP contribution in [-0.2, 0) is 14.8 Å². The molecule has 0 bridgehead atoms. The van der Waals surface area contributed by atoms with Crippen LogP contribution >= 0.6 is 0 Å². The van der Waals surface area contributed by atoms with Gasteiger partial charge < -0.3 is 10.4 Å². The van der Waals surface area contributed by atoms with E-state index in [0.717, 1.165) is 4.31 Å². The Bertz CT molecular complexity index is 533. The number of hydrogen-bond donors (Lipinski definition) is 2. The van der Waals surface area contributed by atoms with Crippen molar-refractivity contribution in [3.63, 3.8) is 0 Å². The summed E-state index contributed by atoms with van der Waals surface area (Å²) in [6.45, 7) is 0.550. The Morgan fingerprint density at radius 3 is 2.72 bits per heavy atom. The lowest BCUT2D eigenvalue weighted by atomic mass is 10.2. The Morgan fingerprint density at radius 2 is 2.11 bits per heavy atom. The third-order valence-corrected chi connectivity index (χ3v) is 4.29. The van der Waals surface area contributed by atoms with E-state index in [1.54, 1.807) is 0 Å². The SMILES string of the molecule is O=C(O)C1CNCCN1S(=O)(=O)c1ncccn1. The highest BCUT2D eigenvalue weighted by molar-refractivity contribution is 7.89. The van der Waals surface area contributed by atoms with Crippen molar-refractivity contribution in [2.45, 2.75) is 11.2 Å². The molecule has 1 atom stereocenters. The molecule has 2 N–H and O–H groups in total. The molecular formula is C9H12N4O4S. The van der Waals surface area contributed by atoms with E-state index >= 15 is 0 Å². The molecule has 1 aromatic rings. The lowest BCUT2D eigenvalue weighted by Gasteiger charge is -2.31. The van der Waals surface area contributed by atoms with E-state index in [0.29, 0.717) is 6.54 Å². The van der Waals surface area contributed by atoms with E-state index in [-0.39, 0.29) is 18.2 Å². The van der Waals surface area contributed by atoms with Crippen LogP contribution in [0.4, 0.5) is 0 Å². The quantitative estimate of drug-likeness (QED) is 0.645. The summed E-state index contributed by atoms with van der Waals surface area (Å²) in [4.78, 5) is 18.4. The molecule has 2 heterocycles. The zero-order chi connectivity index (χ0) is 13.2. The summed E-state index contributed by atoms with van der Waals surface area (Å²) in [5.74, 6) is -1.19. The second kappa shape index (κ2) is 4.96. The number of carbonyl (C=O) groups is 1. The molecule has 18 heavy (non-hydrogen) atoms. The Hall–Kier alpha value is -1.58. The average Bonchev–Trinajstić information content (AvgIpc) is 2.39. The number of rotatable bonds is 3. The van der Waals surface area contributed by atoms with Gasteiger partial charge in [-0.25, -0.2) is 18.4 Å². The number of nitrogens with zero attached hydrogens (tertiary/aromatic N) is 3. The average molecular weight is 272 g/mol. The van der Waals surface area contributed by atoms with Crippen molar-refractivity contribution < 1.29 is 18.3 Å². The molecule has 1 saturated heterocycles. The molecule has 1 aromatic heterocycles. The third-order valence-electron chi connectivity index (χ3n) is 2.56. The monoisotopic (exact) mass is 272 g/mol. The van der Waals surface area contributed by atoms with Crippen LogP contribution < -0.4 is 5.32 Å². The van der Waals surface area contributed by atoms with E-state index in [1.807, 2.05) is 0 Å². The van der Waals surface area contributed by atoms with Gasteiger partial charge in [-0.1, -0.05) is 0 Å². The van der Waals surface area contributed by atoms with Crippen LogP contribution in [0.5, 0.6) is 0 Å². The van der Waals surface area contributed by atoms with Gasteiger partial charge in [-0.3, -0.25) is 4.79 Å². The molecule has 98 valence electrons. The highest BCUT2D eigenvalue weighted by atomic mass is 32.2. The van der Waals surface area contributed by atoms with Gasteiger partial charge in [0.15, 0.2) is 0 Å². The van der Waals surface area contributed by atoms with Gasteiger partial charge in [0.25, 0.3) is 15.2 Å². The largest absolute Gasteiger partial charge is 0.480 e. The Balaban J connectivity index is 2.36. The van der Waals surface area contributed by atoms with Crippen LogP contribution in [0.3, 0.4) is 0 Å². The predicted molar refractivity (Wildman–Crippen MR) is 60.2 cm³/mol. The van der Waals surface area contributed by atoms with Gasteiger partial charge in [-0.2, -0.15) is 4.31 Å². The number of sulfonamides is 1. The van der Waals surface area contributed by atoms with Crippen LogP contribution in [-0.4, -0.2) is 59.4 Å². The third kappa shape index (κ3) is 2.33. The minimum atomic E-state index is -3.97. The van der Waals surface area contributed by atoms with E-state index < -0.39 is 22.0 Å². The van der Waals surface area contributed by atoms with E-state index in [2.05, 4.69) is 15.3 Å². The minimum Gasteiger partial charge on any atom is -0.480 e. The molecule has 0 radical (unpaired) electrons. The van der Waals surface area contributed by atoms with Crippen molar-refractivity contribution in [1.29, 1.82) is 0 Å².